The molecule has 3 aliphatic rings. The molecule has 1 amide bonds. The molecule has 498 valence electrons. The highest BCUT2D eigenvalue weighted by Crippen LogP contribution is 2.42. The molecule has 0 spiro atoms. The molecule has 3 heterocycles. The van der Waals surface area contributed by atoms with Gasteiger partial charge in [0.2, 0.25) is 5.91 Å². The van der Waals surface area contributed by atoms with Crippen molar-refractivity contribution < 1.29 is 105 Å². The highest BCUT2D eigenvalue weighted by Gasteiger charge is 2.63. The zero-order chi connectivity index (χ0) is 66.3. The summed E-state index contributed by atoms with van der Waals surface area (Å²) in [5.74, 6) is -8.77. The molecule has 3 fully saturated rings. The molecule has 3 saturated heterocycles. The fourth-order valence-corrected chi connectivity index (χ4v) is 11.1. The third kappa shape index (κ3) is 20.4. The number of hydrogen-bond acceptors (Lipinski definition) is 23. The van der Waals surface area contributed by atoms with Crippen LogP contribution in [-0.2, 0) is 133 Å². The van der Waals surface area contributed by atoms with Crippen molar-refractivity contribution in [3.05, 3.63) is 190 Å². The van der Waals surface area contributed by atoms with Gasteiger partial charge in [-0.2, -0.15) is 0 Å². The largest absolute Gasteiger partial charge is 0.465 e. The summed E-state index contributed by atoms with van der Waals surface area (Å²) in [4.78, 5) is 83.5. The van der Waals surface area contributed by atoms with Crippen molar-refractivity contribution in [2.45, 2.75) is 172 Å². The van der Waals surface area contributed by atoms with Crippen LogP contribution in [0, 0.1) is 0 Å². The average Bonchev–Trinajstić information content (AvgIpc) is 0.752. The number of nitrogens with one attached hydrogen (secondary N) is 1. The van der Waals surface area contributed by atoms with Gasteiger partial charge < -0.3 is 81.5 Å². The highest BCUT2D eigenvalue weighted by atomic mass is 16.8. The Balaban J connectivity index is 1.30. The molecule has 0 unspecified atom stereocenters. The number of hydrogen-bond donors (Lipinski definition) is 2. The summed E-state index contributed by atoms with van der Waals surface area (Å²) < 4.78 is 95.9. The van der Waals surface area contributed by atoms with Crippen molar-refractivity contribution in [3.63, 3.8) is 0 Å². The number of nitrogens with zero attached hydrogens (tertiary/aromatic N) is 3. The van der Waals surface area contributed by atoms with Gasteiger partial charge in [0.1, 0.15) is 67.6 Å². The lowest BCUT2D eigenvalue weighted by atomic mass is 9.87. The molecular weight excluding hydrogens is 1210 g/mol. The highest BCUT2D eigenvalue weighted by molar-refractivity contribution is 5.79. The lowest BCUT2D eigenvalue weighted by molar-refractivity contribution is -0.389. The molecule has 0 radical (unpaired) electrons. The molecule has 0 saturated carbocycles. The smallest absolute Gasteiger partial charge is 0.366 e. The van der Waals surface area contributed by atoms with E-state index in [0.717, 1.165) is 64.0 Å². The Labute approximate surface area is 537 Å². The van der Waals surface area contributed by atoms with Crippen molar-refractivity contribution in [1.29, 1.82) is 0 Å². The molecule has 93 heavy (non-hydrogen) atoms. The van der Waals surface area contributed by atoms with Crippen LogP contribution in [-0.4, -0.2) is 165 Å². The van der Waals surface area contributed by atoms with Gasteiger partial charge in [0.25, 0.3) is 5.79 Å². The molecule has 0 bridgehead atoms. The van der Waals surface area contributed by atoms with Crippen molar-refractivity contribution in [1.82, 2.24) is 5.32 Å². The number of benzene rings is 5. The fourth-order valence-electron chi connectivity index (χ4n) is 11.1. The first-order chi connectivity index (χ1) is 44.9. The zero-order valence-electron chi connectivity index (χ0n) is 52.3. The van der Waals surface area contributed by atoms with Crippen LogP contribution in [0.3, 0.4) is 0 Å². The lowest BCUT2D eigenvalue weighted by Crippen LogP contribution is -2.72. The summed E-state index contributed by atoms with van der Waals surface area (Å²) >= 11 is 0. The van der Waals surface area contributed by atoms with Crippen molar-refractivity contribution in [3.8, 4) is 0 Å². The zero-order valence-corrected chi connectivity index (χ0v) is 52.3. The summed E-state index contributed by atoms with van der Waals surface area (Å²) in [5, 5.41) is 20.0. The van der Waals surface area contributed by atoms with Crippen LogP contribution in [0.25, 0.3) is 10.4 Å². The van der Waals surface area contributed by atoms with Crippen molar-refractivity contribution in [2.24, 2.45) is 5.11 Å². The van der Waals surface area contributed by atoms with Crippen molar-refractivity contribution >= 4 is 35.8 Å². The molecule has 3 aliphatic heterocycles. The number of carbonyl (C=O) groups is 6. The Morgan fingerprint density at radius 3 is 1.56 bits per heavy atom. The normalized spacial score (nSPS) is 26.6. The van der Waals surface area contributed by atoms with Gasteiger partial charge in [-0.3, -0.25) is 24.0 Å². The summed E-state index contributed by atoms with van der Waals surface area (Å²) in [6, 6.07) is 42.8. The number of methoxy groups -OCH3 is 1. The van der Waals surface area contributed by atoms with E-state index in [2.05, 4.69) is 15.3 Å². The summed E-state index contributed by atoms with van der Waals surface area (Å²) in [7, 11) is 0.990. The number of carbonyl (C=O) groups excluding carboxylic acids is 6. The Kier molecular flexibility index (Phi) is 26.7. The maximum atomic E-state index is 15.2. The van der Waals surface area contributed by atoms with Gasteiger partial charge in [-0.25, -0.2) is 4.79 Å². The second kappa shape index (κ2) is 35.2. The van der Waals surface area contributed by atoms with E-state index in [1.54, 1.807) is 30.3 Å². The molecule has 26 heteroatoms. The van der Waals surface area contributed by atoms with Gasteiger partial charge in [-0.1, -0.05) is 157 Å². The van der Waals surface area contributed by atoms with Gasteiger partial charge in [0, 0.05) is 39.5 Å². The Bertz CT molecular complexity index is 3230. The van der Waals surface area contributed by atoms with E-state index in [1.165, 1.54) is 0 Å². The van der Waals surface area contributed by atoms with E-state index in [0.29, 0.717) is 5.56 Å². The van der Waals surface area contributed by atoms with Crippen LogP contribution >= 0.6 is 0 Å². The Hall–Kier alpha value is -8.21. The minimum absolute atomic E-state index is 0.00316. The topological polar surface area (TPSA) is 322 Å². The number of rotatable bonds is 31. The number of aliphatic hydroxyl groups is 1. The van der Waals surface area contributed by atoms with E-state index >= 15 is 4.79 Å². The van der Waals surface area contributed by atoms with E-state index in [1.807, 2.05) is 121 Å². The predicted octanol–water partition coefficient (Wildman–Crippen LogP) is 6.59. The molecule has 8 rings (SSSR count). The summed E-state index contributed by atoms with van der Waals surface area (Å²) in [6.45, 7) is 3.66. The fraction of sp³-hybridized carbons (Fsp3) is 0.463. The van der Waals surface area contributed by atoms with Crippen LogP contribution < -0.4 is 5.32 Å². The van der Waals surface area contributed by atoms with Gasteiger partial charge in [-0.05, 0) is 33.3 Å². The molecule has 5 aromatic rings. The van der Waals surface area contributed by atoms with Crippen LogP contribution in [0.2, 0.25) is 0 Å². The minimum Gasteiger partial charge on any atom is -0.465 e. The third-order valence-corrected chi connectivity index (χ3v) is 15.1. The lowest BCUT2D eigenvalue weighted by Gasteiger charge is -2.52. The van der Waals surface area contributed by atoms with Crippen LogP contribution in [0.15, 0.2) is 157 Å². The standard InChI is InChI=1S/C67H78N4O22/c1-41(72)69-55-51(86-43(3)74)32-67(66(78)79-6,92-61(55)59(88-45(5)76)54(87-44(4)75)40-82-42(2)73)93-62-57(77)52(38-80-33-46-22-12-7-13-23-46)89-65(63(62)84-36-49-28-18-10-19-29-49)91-58-53(39-81-34-47-24-14-8-15-25-47)90-64(85-37-50-30-20-11-21-31-50)56(70-71-68)60(58)83-35-48-26-16-9-17-27-48/h7-31,51-65,77H,32-40H2,1-6H3,(H,69,72)/t51-,52+,53+,54+,55+,56+,57-,58+,59+,60+,61+,62-,63+,64+,65-,67+/m0/s1. The van der Waals surface area contributed by atoms with Crippen LogP contribution in [0.5, 0.6) is 0 Å². The first kappa shape index (κ1) is 70.7. The first-order valence-corrected chi connectivity index (χ1v) is 30.2. The van der Waals surface area contributed by atoms with E-state index in [4.69, 9.17) is 71.1 Å². The molecule has 2 N–H and O–H groups in total. The van der Waals surface area contributed by atoms with Gasteiger partial charge in [0.15, 0.2) is 24.8 Å². The van der Waals surface area contributed by atoms with Crippen LogP contribution in [0.1, 0.15) is 68.9 Å². The quantitative estimate of drug-likeness (QED) is 0.0155. The number of azide groups is 1. The summed E-state index contributed by atoms with van der Waals surface area (Å²) in [6.07, 6.45) is -22.1. The molecule has 0 aromatic heterocycles. The minimum atomic E-state index is -2.93. The second-order valence-corrected chi connectivity index (χ2v) is 22.2. The monoisotopic (exact) mass is 1290 g/mol. The Morgan fingerprint density at radius 2 is 1.09 bits per heavy atom. The third-order valence-electron chi connectivity index (χ3n) is 15.1. The molecule has 16 atom stereocenters. The average molecular weight is 1290 g/mol. The van der Waals surface area contributed by atoms with Crippen LogP contribution in [0.4, 0.5) is 0 Å². The summed E-state index contributed by atoms with van der Waals surface area (Å²) in [5.41, 5.74) is 14.0. The first-order valence-electron chi connectivity index (χ1n) is 30.2. The number of ether oxygens (including phenoxy) is 15. The van der Waals surface area contributed by atoms with Gasteiger partial charge in [-0.15, -0.1) is 0 Å². The Morgan fingerprint density at radius 1 is 0.602 bits per heavy atom. The maximum absolute atomic E-state index is 15.2. The van der Waals surface area contributed by atoms with E-state index < -0.39 is 153 Å². The molecule has 0 aliphatic carbocycles. The molecule has 26 nitrogen and oxygen atoms in total. The SMILES string of the molecule is COC(=O)[C@]1(O[C@H]2[C@@H](O)[C@@H](COCc3ccccc3)O[C@@H](O[C@H]3[C@H](OCc4ccccc4)[C@@H](N=[N+]=[N-])[C@H](OCc4ccccc4)O[C@@H]3COCc3ccccc3)[C@@H]2OCc2ccccc2)C[C@H](OC(C)=O)[C@@H](NC(C)=O)[C@H]([C@H](OC(C)=O)[C@@H](COC(C)=O)OC(C)=O)O1. The number of esters is 5. The van der Waals surface area contributed by atoms with E-state index in [-0.39, 0.29) is 39.6 Å². The number of aliphatic hydroxyl groups excluding tert-OH is 1. The molecule has 5 aromatic carbocycles. The predicted molar refractivity (Wildman–Crippen MR) is 325 cm³/mol. The van der Waals surface area contributed by atoms with Gasteiger partial charge in [0.05, 0.1) is 65.8 Å². The molecular formula is C67H78N4O22. The van der Waals surface area contributed by atoms with E-state index in [9.17, 15) is 34.6 Å². The number of amides is 1. The second-order valence-electron chi connectivity index (χ2n) is 22.2. The maximum Gasteiger partial charge on any atom is 0.366 e. The van der Waals surface area contributed by atoms with Gasteiger partial charge >= 0.3 is 29.8 Å². The van der Waals surface area contributed by atoms with Crippen molar-refractivity contribution in [2.75, 3.05) is 26.9 Å².